The Kier molecular flexibility index (Phi) is 6.49. The maximum Gasteiger partial charge on any atom is 0.233 e. The molecule has 1 aromatic carbocycles. The molecule has 8 heteroatoms. The highest BCUT2D eigenvalue weighted by Gasteiger charge is 2.21. The third-order valence-electron chi connectivity index (χ3n) is 5.30. The summed E-state index contributed by atoms with van der Waals surface area (Å²) in [5.74, 6) is 0.802. The van der Waals surface area contributed by atoms with Gasteiger partial charge in [-0.2, -0.15) is 0 Å². The molecule has 2 amide bonds. The molecule has 0 spiro atoms. The van der Waals surface area contributed by atoms with Gasteiger partial charge in [-0.25, -0.2) is 4.98 Å². The van der Waals surface area contributed by atoms with Crippen molar-refractivity contribution < 1.29 is 14.3 Å². The number of fused-ring (bicyclic) bond motifs is 1. The summed E-state index contributed by atoms with van der Waals surface area (Å²) in [6.07, 6.45) is 5.52. The van der Waals surface area contributed by atoms with Gasteiger partial charge in [0.25, 0.3) is 0 Å². The fourth-order valence-corrected chi connectivity index (χ4v) is 5.69. The number of morpholine rings is 1. The number of amides is 2. The Morgan fingerprint density at radius 1 is 1.21 bits per heavy atom. The number of nitrogens with one attached hydrogen (secondary N) is 1. The fourth-order valence-electron chi connectivity index (χ4n) is 3.68. The largest absolute Gasteiger partial charge is 0.378 e. The van der Waals surface area contributed by atoms with Crippen LogP contribution in [0.3, 0.4) is 0 Å². The Morgan fingerprint density at radius 3 is 2.79 bits per heavy atom. The van der Waals surface area contributed by atoms with Gasteiger partial charge in [0.05, 0.1) is 29.2 Å². The van der Waals surface area contributed by atoms with Crippen LogP contribution in [0.4, 0.5) is 5.69 Å². The minimum atomic E-state index is 0.132. The second-order valence-electron chi connectivity index (χ2n) is 7.27. The zero-order chi connectivity index (χ0) is 19.3. The van der Waals surface area contributed by atoms with E-state index in [9.17, 15) is 9.59 Å². The fraction of sp³-hybridized carbons (Fsp3) is 0.550. The molecule has 28 heavy (non-hydrogen) atoms. The summed E-state index contributed by atoms with van der Waals surface area (Å²) in [5.41, 5.74) is 1.73. The van der Waals surface area contributed by atoms with Gasteiger partial charge in [0.15, 0.2) is 4.34 Å². The van der Waals surface area contributed by atoms with E-state index >= 15 is 0 Å². The van der Waals surface area contributed by atoms with E-state index in [1.165, 1.54) is 18.2 Å². The Labute approximate surface area is 173 Å². The van der Waals surface area contributed by atoms with Crippen LogP contribution in [-0.4, -0.2) is 53.8 Å². The third kappa shape index (κ3) is 4.85. The molecular formula is C20H25N3O3S2. The maximum atomic E-state index is 12.5. The number of thioether (sulfide) groups is 1. The molecule has 150 valence electrons. The molecule has 6 nitrogen and oxygen atoms in total. The Hall–Kier alpha value is -1.64. The number of hydrogen-bond acceptors (Lipinski definition) is 6. The van der Waals surface area contributed by atoms with E-state index in [4.69, 9.17) is 4.74 Å². The van der Waals surface area contributed by atoms with Gasteiger partial charge in [-0.3, -0.25) is 9.59 Å². The van der Waals surface area contributed by atoms with Crippen LogP contribution in [0.15, 0.2) is 22.5 Å². The van der Waals surface area contributed by atoms with E-state index in [-0.39, 0.29) is 17.7 Å². The number of thiazole rings is 1. The standard InChI is InChI=1S/C20H25N3O3S2/c24-18(23-8-10-26-11-9-23)13-27-20-22-16-7-6-15(12-17(16)28-20)21-19(25)14-4-2-1-3-5-14/h6-7,12,14H,1-5,8-11,13H2,(H,21,25). The number of ether oxygens (including phenoxy) is 1. The second kappa shape index (κ2) is 9.24. The van der Waals surface area contributed by atoms with Crippen molar-refractivity contribution in [1.82, 2.24) is 9.88 Å². The average molecular weight is 420 g/mol. The lowest BCUT2D eigenvalue weighted by Gasteiger charge is -2.26. The van der Waals surface area contributed by atoms with Gasteiger partial charge in [-0.15, -0.1) is 11.3 Å². The zero-order valence-corrected chi connectivity index (χ0v) is 17.4. The molecule has 1 aliphatic carbocycles. The normalized spacial score (nSPS) is 18.4. The highest BCUT2D eigenvalue weighted by molar-refractivity contribution is 8.01. The molecule has 1 saturated carbocycles. The van der Waals surface area contributed by atoms with Crippen LogP contribution >= 0.6 is 23.1 Å². The molecular weight excluding hydrogens is 394 g/mol. The van der Waals surface area contributed by atoms with Crippen LogP contribution in [0, 0.1) is 5.92 Å². The van der Waals surface area contributed by atoms with Gasteiger partial charge >= 0.3 is 0 Å². The van der Waals surface area contributed by atoms with Crippen molar-refractivity contribution in [3.63, 3.8) is 0 Å². The van der Waals surface area contributed by atoms with Crippen molar-refractivity contribution in [1.29, 1.82) is 0 Å². The van der Waals surface area contributed by atoms with Crippen molar-refractivity contribution in [2.75, 3.05) is 37.4 Å². The summed E-state index contributed by atoms with van der Waals surface area (Å²) in [7, 11) is 0. The highest BCUT2D eigenvalue weighted by atomic mass is 32.2. The summed E-state index contributed by atoms with van der Waals surface area (Å²) < 4.78 is 7.20. The van der Waals surface area contributed by atoms with E-state index in [0.717, 1.165) is 45.9 Å². The van der Waals surface area contributed by atoms with Crippen LogP contribution in [0.5, 0.6) is 0 Å². The Morgan fingerprint density at radius 2 is 2.00 bits per heavy atom. The minimum Gasteiger partial charge on any atom is -0.378 e. The predicted molar refractivity (Wildman–Crippen MR) is 113 cm³/mol. The molecule has 4 rings (SSSR count). The summed E-state index contributed by atoms with van der Waals surface area (Å²) in [6, 6.07) is 5.84. The van der Waals surface area contributed by atoms with Crippen LogP contribution in [0.2, 0.25) is 0 Å². The van der Waals surface area contributed by atoms with E-state index in [2.05, 4.69) is 10.3 Å². The Bertz CT molecular complexity index is 842. The molecule has 0 radical (unpaired) electrons. The van der Waals surface area contributed by atoms with Gasteiger partial charge in [-0.05, 0) is 31.0 Å². The van der Waals surface area contributed by atoms with Gasteiger partial charge in [0.1, 0.15) is 0 Å². The second-order valence-corrected chi connectivity index (χ2v) is 9.52. The molecule has 2 aliphatic rings. The number of carbonyl (C=O) groups is 2. The number of rotatable bonds is 5. The topological polar surface area (TPSA) is 71.5 Å². The summed E-state index contributed by atoms with van der Waals surface area (Å²) in [4.78, 5) is 31.2. The maximum absolute atomic E-state index is 12.5. The van der Waals surface area contributed by atoms with Gasteiger partial charge in [0, 0.05) is 24.7 Å². The molecule has 1 aliphatic heterocycles. The van der Waals surface area contributed by atoms with E-state index < -0.39 is 0 Å². The quantitative estimate of drug-likeness (QED) is 0.747. The van der Waals surface area contributed by atoms with E-state index in [1.807, 2.05) is 23.1 Å². The molecule has 0 bridgehead atoms. The number of carbonyl (C=O) groups excluding carboxylic acids is 2. The smallest absolute Gasteiger partial charge is 0.233 e. The predicted octanol–water partition coefficient (Wildman–Crippen LogP) is 3.77. The number of nitrogens with zero attached hydrogens (tertiary/aromatic N) is 2. The molecule has 0 atom stereocenters. The minimum absolute atomic E-state index is 0.132. The van der Waals surface area contributed by atoms with Crippen LogP contribution in [0.25, 0.3) is 10.2 Å². The van der Waals surface area contributed by atoms with Gasteiger partial charge < -0.3 is 15.0 Å². The van der Waals surface area contributed by atoms with Crippen molar-refractivity contribution in [3.05, 3.63) is 18.2 Å². The van der Waals surface area contributed by atoms with Crippen molar-refractivity contribution in [2.24, 2.45) is 5.92 Å². The first-order valence-electron chi connectivity index (χ1n) is 9.89. The highest BCUT2D eigenvalue weighted by Crippen LogP contribution is 2.32. The lowest BCUT2D eigenvalue weighted by atomic mass is 9.88. The first-order chi connectivity index (χ1) is 13.7. The van der Waals surface area contributed by atoms with Crippen LogP contribution < -0.4 is 5.32 Å². The molecule has 0 unspecified atom stereocenters. The summed E-state index contributed by atoms with van der Waals surface area (Å²) in [5, 5.41) is 3.07. The molecule has 2 fully saturated rings. The first kappa shape index (κ1) is 19.7. The van der Waals surface area contributed by atoms with Crippen molar-refractivity contribution in [3.8, 4) is 0 Å². The number of benzene rings is 1. The van der Waals surface area contributed by atoms with Crippen molar-refractivity contribution in [2.45, 2.75) is 36.4 Å². The third-order valence-corrected chi connectivity index (χ3v) is 7.44. The van der Waals surface area contributed by atoms with E-state index in [0.29, 0.717) is 32.1 Å². The molecule has 1 N–H and O–H groups in total. The molecule has 1 aromatic heterocycles. The van der Waals surface area contributed by atoms with E-state index in [1.54, 1.807) is 11.3 Å². The zero-order valence-electron chi connectivity index (χ0n) is 15.8. The number of hydrogen-bond donors (Lipinski definition) is 1. The van der Waals surface area contributed by atoms with Crippen LogP contribution in [0.1, 0.15) is 32.1 Å². The first-order valence-corrected chi connectivity index (χ1v) is 11.7. The Balaban J connectivity index is 1.36. The molecule has 1 saturated heterocycles. The van der Waals surface area contributed by atoms with Crippen molar-refractivity contribution >= 4 is 50.8 Å². The average Bonchev–Trinajstić information content (AvgIpc) is 3.15. The monoisotopic (exact) mass is 419 g/mol. The van der Waals surface area contributed by atoms with Crippen LogP contribution in [-0.2, 0) is 14.3 Å². The molecule has 2 aromatic rings. The number of aromatic nitrogens is 1. The lowest BCUT2D eigenvalue weighted by molar-refractivity contribution is -0.132. The summed E-state index contributed by atoms with van der Waals surface area (Å²) >= 11 is 3.05. The number of anilines is 1. The SMILES string of the molecule is O=C(Nc1ccc2nc(SCC(=O)N3CCOCC3)sc2c1)C1CCCCC1. The molecule has 2 heterocycles. The van der Waals surface area contributed by atoms with Gasteiger partial charge in [0.2, 0.25) is 11.8 Å². The lowest BCUT2D eigenvalue weighted by Crippen LogP contribution is -2.41. The van der Waals surface area contributed by atoms with Gasteiger partial charge in [-0.1, -0.05) is 31.0 Å². The summed E-state index contributed by atoms with van der Waals surface area (Å²) in [6.45, 7) is 2.58.